The van der Waals surface area contributed by atoms with Gasteiger partial charge in [-0.25, -0.2) is 13.1 Å². The monoisotopic (exact) mass is 250 g/mol. The first-order valence-electron chi connectivity index (χ1n) is 5.75. The van der Waals surface area contributed by atoms with Crippen molar-refractivity contribution >= 4 is 10.0 Å². The number of nitrogens with one attached hydrogen (secondary N) is 1. The zero-order valence-corrected chi connectivity index (χ0v) is 10.6. The molecule has 0 saturated heterocycles. The van der Waals surface area contributed by atoms with Crippen molar-refractivity contribution in [2.75, 3.05) is 26.0 Å². The number of rotatable bonds is 6. The van der Waals surface area contributed by atoms with Crippen LogP contribution in [0.25, 0.3) is 0 Å². The van der Waals surface area contributed by atoms with Gasteiger partial charge in [0, 0.05) is 19.7 Å². The quantitative estimate of drug-likeness (QED) is 0.699. The lowest BCUT2D eigenvalue weighted by Gasteiger charge is -2.26. The molecular formula is C10H22N2O3S. The number of hydrogen-bond donors (Lipinski definition) is 2. The summed E-state index contributed by atoms with van der Waals surface area (Å²) in [6.07, 6.45) is 4.05. The van der Waals surface area contributed by atoms with Gasteiger partial charge in [0.25, 0.3) is 0 Å². The Bertz CT molecular complexity index is 284. The van der Waals surface area contributed by atoms with E-state index in [4.69, 9.17) is 10.5 Å². The summed E-state index contributed by atoms with van der Waals surface area (Å²) in [5, 5.41) is 0. The summed E-state index contributed by atoms with van der Waals surface area (Å²) in [4.78, 5) is 0. The van der Waals surface area contributed by atoms with E-state index in [9.17, 15) is 8.42 Å². The molecule has 1 aliphatic carbocycles. The molecule has 3 N–H and O–H groups in total. The first-order valence-corrected chi connectivity index (χ1v) is 7.40. The molecular weight excluding hydrogens is 228 g/mol. The Labute approximate surface area is 97.8 Å². The minimum atomic E-state index is -3.16. The van der Waals surface area contributed by atoms with Crippen LogP contribution in [0.15, 0.2) is 0 Å². The van der Waals surface area contributed by atoms with Gasteiger partial charge in [0.15, 0.2) is 0 Å². The topological polar surface area (TPSA) is 81.4 Å². The van der Waals surface area contributed by atoms with Crippen molar-refractivity contribution in [2.24, 2.45) is 11.7 Å². The van der Waals surface area contributed by atoms with E-state index in [1.54, 1.807) is 0 Å². The molecule has 1 fully saturated rings. The van der Waals surface area contributed by atoms with Gasteiger partial charge in [0.1, 0.15) is 0 Å². The summed E-state index contributed by atoms with van der Waals surface area (Å²) in [5.74, 6) is 0.479. The minimum Gasteiger partial charge on any atom is -0.384 e. The lowest BCUT2D eigenvalue weighted by molar-refractivity contribution is 0.216. The fraction of sp³-hybridized carbons (Fsp3) is 1.00. The summed E-state index contributed by atoms with van der Waals surface area (Å²) in [7, 11) is -1.66. The normalized spacial score (nSPS) is 26.9. The van der Waals surface area contributed by atoms with E-state index in [-0.39, 0.29) is 12.4 Å². The Hall–Kier alpha value is -0.170. The van der Waals surface area contributed by atoms with Gasteiger partial charge < -0.3 is 10.5 Å². The van der Waals surface area contributed by atoms with Crippen molar-refractivity contribution in [3.63, 3.8) is 0 Å². The molecule has 1 saturated carbocycles. The maximum atomic E-state index is 11.5. The van der Waals surface area contributed by atoms with Crippen molar-refractivity contribution in [1.82, 2.24) is 4.72 Å². The van der Waals surface area contributed by atoms with Gasteiger partial charge in [-0.05, 0) is 31.6 Å². The van der Waals surface area contributed by atoms with E-state index in [2.05, 4.69) is 4.72 Å². The number of methoxy groups -OCH3 is 1. The molecule has 0 aromatic heterocycles. The first-order chi connectivity index (χ1) is 7.53. The molecule has 96 valence electrons. The molecule has 6 heteroatoms. The zero-order valence-electron chi connectivity index (χ0n) is 9.81. The first kappa shape index (κ1) is 13.9. The number of hydrogen-bond acceptors (Lipinski definition) is 4. The molecule has 0 bridgehead atoms. The molecule has 0 aromatic rings. The fourth-order valence-electron chi connectivity index (χ4n) is 1.90. The second-order valence-corrected chi connectivity index (χ2v) is 6.37. The molecule has 0 aliphatic heterocycles. The summed E-state index contributed by atoms with van der Waals surface area (Å²) < 4.78 is 30.3. The number of ether oxygens (including phenoxy) is 1. The third-order valence-corrected chi connectivity index (χ3v) is 4.35. The Morgan fingerprint density at radius 1 is 1.31 bits per heavy atom. The predicted molar refractivity (Wildman–Crippen MR) is 63.6 cm³/mol. The molecule has 1 rings (SSSR count). The van der Waals surface area contributed by atoms with E-state index in [1.165, 1.54) is 7.11 Å². The van der Waals surface area contributed by atoms with Gasteiger partial charge in [0.05, 0.1) is 12.4 Å². The van der Waals surface area contributed by atoms with E-state index in [0.717, 1.165) is 25.7 Å². The van der Waals surface area contributed by atoms with Crippen molar-refractivity contribution in [1.29, 1.82) is 0 Å². The maximum absolute atomic E-state index is 11.5. The smallest absolute Gasteiger partial charge is 0.213 e. The summed E-state index contributed by atoms with van der Waals surface area (Å²) in [6, 6.07) is 0.307. The zero-order chi connectivity index (χ0) is 12.0. The molecule has 5 nitrogen and oxygen atoms in total. The fourth-order valence-corrected chi connectivity index (χ4v) is 2.92. The number of sulfonamides is 1. The Morgan fingerprint density at radius 3 is 2.50 bits per heavy atom. The largest absolute Gasteiger partial charge is 0.384 e. The van der Waals surface area contributed by atoms with Gasteiger partial charge in [-0.1, -0.05) is 0 Å². The highest BCUT2D eigenvalue weighted by molar-refractivity contribution is 7.89. The van der Waals surface area contributed by atoms with E-state index in [0.29, 0.717) is 18.5 Å². The molecule has 0 radical (unpaired) electrons. The van der Waals surface area contributed by atoms with Gasteiger partial charge in [-0.3, -0.25) is 0 Å². The molecule has 1 aliphatic rings. The van der Waals surface area contributed by atoms with Crippen LogP contribution in [0.3, 0.4) is 0 Å². The molecule has 0 unspecified atom stereocenters. The lowest BCUT2D eigenvalue weighted by Crippen LogP contribution is -2.35. The Balaban J connectivity index is 2.23. The minimum absolute atomic E-state index is 0.0374. The number of nitrogens with two attached hydrogens (primary N) is 1. The third kappa shape index (κ3) is 5.25. The van der Waals surface area contributed by atoms with Gasteiger partial charge in [-0.2, -0.15) is 0 Å². The average Bonchev–Trinajstić information content (AvgIpc) is 2.26. The van der Waals surface area contributed by atoms with Crippen LogP contribution in [0.2, 0.25) is 0 Å². The van der Waals surface area contributed by atoms with Gasteiger partial charge >= 0.3 is 0 Å². The third-order valence-electron chi connectivity index (χ3n) is 3.04. The van der Waals surface area contributed by atoms with Crippen molar-refractivity contribution in [3.8, 4) is 0 Å². The average molecular weight is 250 g/mol. The van der Waals surface area contributed by atoms with Crippen LogP contribution in [0.4, 0.5) is 0 Å². The van der Waals surface area contributed by atoms with Crippen LogP contribution in [0.1, 0.15) is 25.7 Å². The SMILES string of the molecule is COCCS(=O)(=O)NCC1CCC(N)CC1. The highest BCUT2D eigenvalue weighted by atomic mass is 32.2. The molecule has 16 heavy (non-hydrogen) atoms. The molecule has 0 spiro atoms. The van der Waals surface area contributed by atoms with Crippen molar-refractivity contribution in [2.45, 2.75) is 31.7 Å². The molecule has 0 atom stereocenters. The van der Waals surface area contributed by atoms with Gasteiger partial charge in [-0.15, -0.1) is 0 Å². The Morgan fingerprint density at radius 2 is 1.94 bits per heavy atom. The van der Waals surface area contributed by atoms with E-state index < -0.39 is 10.0 Å². The molecule has 0 aromatic carbocycles. The Kier molecular flexibility index (Phi) is 5.68. The van der Waals surface area contributed by atoms with E-state index in [1.807, 2.05) is 0 Å². The summed E-state index contributed by atoms with van der Waals surface area (Å²) in [6.45, 7) is 0.781. The van der Waals surface area contributed by atoms with Gasteiger partial charge in [0.2, 0.25) is 10.0 Å². The summed E-state index contributed by atoms with van der Waals surface area (Å²) in [5.41, 5.74) is 5.79. The standard InChI is InChI=1S/C10H22N2O3S/c1-15-6-7-16(13,14)12-8-9-2-4-10(11)5-3-9/h9-10,12H,2-8,11H2,1H3. The predicted octanol–water partition coefficient (Wildman–Crippen LogP) is 0.0697. The highest BCUT2D eigenvalue weighted by Gasteiger charge is 2.20. The van der Waals surface area contributed by atoms with Crippen molar-refractivity contribution in [3.05, 3.63) is 0 Å². The second kappa shape index (κ2) is 6.54. The van der Waals surface area contributed by atoms with Crippen LogP contribution in [0.5, 0.6) is 0 Å². The van der Waals surface area contributed by atoms with Crippen LogP contribution >= 0.6 is 0 Å². The van der Waals surface area contributed by atoms with Crippen molar-refractivity contribution < 1.29 is 13.2 Å². The van der Waals surface area contributed by atoms with Crippen LogP contribution in [-0.4, -0.2) is 40.5 Å². The van der Waals surface area contributed by atoms with Crippen LogP contribution < -0.4 is 10.5 Å². The molecule has 0 heterocycles. The van der Waals surface area contributed by atoms with Crippen LogP contribution in [-0.2, 0) is 14.8 Å². The second-order valence-electron chi connectivity index (χ2n) is 4.44. The lowest BCUT2D eigenvalue weighted by atomic mass is 9.87. The van der Waals surface area contributed by atoms with E-state index >= 15 is 0 Å². The highest BCUT2D eigenvalue weighted by Crippen LogP contribution is 2.22. The maximum Gasteiger partial charge on any atom is 0.213 e. The van der Waals surface area contributed by atoms with Crippen LogP contribution in [0, 0.1) is 5.92 Å². The molecule has 0 amide bonds. The summed E-state index contributed by atoms with van der Waals surface area (Å²) >= 11 is 0.